The standard InChI is InChI=1S/C11H11I/c1-12-8-7-11(9-12)10-5-3-2-4-6-10/h2-9H,1H3. The van der Waals surface area contributed by atoms with Crippen LogP contribution in [0.15, 0.2) is 44.6 Å². The maximum absolute atomic E-state index is 2.44. The van der Waals surface area contributed by atoms with Crippen molar-refractivity contribution in [1.82, 2.24) is 0 Å². The van der Waals surface area contributed by atoms with Crippen molar-refractivity contribution < 1.29 is 0 Å². The second kappa shape index (κ2) is 3.44. The summed E-state index contributed by atoms with van der Waals surface area (Å²) in [6.45, 7) is 0. The molecule has 0 saturated heterocycles. The van der Waals surface area contributed by atoms with E-state index < -0.39 is 19.8 Å². The van der Waals surface area contributed by atoms with Gasteiger partial charge in [-0.2, -0.15) is 0 Å². The fourth-order valence-corrected chi connectivity index (χ4v) is 4.00. The molecule has 1 aromatic rings. The molecule has 0 bridgehead atoms. The number of hydrogen-bond donors (Lipinski definition) is 0. The van der Waals surface area contributed by atoms with E-state index in [1.807, 2.05) is 0 Å². The van der Waals surface area contributed by atoms with Crippen LogP contribution in [0.2, 0.25) is 0 Å². The molecule has 0 unspecified atom stereocenters. The Labute approximate surface area is 80.4 Å². The van der Waals surface area contributed by atoms with Crippen LogP contribution in [-0.2, 0) is 0 Å². The molecule has 1 aliphatic rings. The van der Waals surface area contributed by atoms with Crippen LogP contribution in [-0.4, -0.2) is 4.93 Å². The summed E-state index contributed by atoms with van der Waals surface area (Å²) in [7, 11) is 0. The second-order valence-electron chi connectivity index (χ2n) is 2.79. The van der Waals surface area contributed by atoms with Gasteiger partial charge < -0.3 is 0 Å². The molecule has 12 heavy (non-hydrogen) atoms. The van der Waals surface area contributed by atoms with E-state index in [1.54, 1.807) is 0 Å². The summed E-state index contributed by atoms with van der Waals surface area (Å²) in [6.07, 6.45) is 2.26. The van der Waals surface area contributed by atoms with Crippen LogP contribution in [0.5, 0.6) is 0 Å². The van der Waals surface area contributed by atoms with E-state index >= 15 is 0 Å². The van der Waals surface area contributed by atoms with Gasteiger partial charge in [-0.3, -0.25) is 0 Å². The summed E-state index contributed by atoms with van der Waals surface area (Å²) in [5.41, 5.74) is 2.78. The van der Waals surface area contributed by atoms with Gasteiger partial charge in [-0.25, -0.2) is 0 Å². The third-order valence-electron chi connectivity index (χ3n) is 1.84. The van der Waals surface area contributed by atoms with Crippen molar-refractivity contribution >= 4 is 25.4 Å². The van der Waals surface area contributed by atoms with Crippen molar-refractivity contribution in [3.05, 3.63) is 50.1 Å². The third kappa shape index (κ3) is 1.61. The first-order valence-electron chi connectivity index (χ1n) is 3.89. The summed E-state index contributed by atoms with van der Waals surface area (Å²) >= 11 is -0.775. The topological polar surface area (TPSA) is 0 Å². The van der Waals surface area contributed by atoms with Crippen molar-refractivity contribution in [3.63, 3.8) is 0 Å². The third-order valence-corrected chi connectivity index (χ3v) is 4.99. The van der Waals surface area contributed by atoms with Crippen LogP contribution in [0.3, 0.4) is 0 Å². The Bertz CT molecular complexity index is 322. The fourth-order valence-electron chi connectivity index (χ4n) is 1.22. The summed E-state index contributed by atoms with van der Waals surface area (Å²) in [6, 6.07) is 10.6. The Morgan fingerprint density at radius 2 is 1.83 bits per heavy atom. The molecular weight excluding hydrogens is 259 g/mol. The van der Waals surface area contributed by atoms with Gasteiger partial charge >= 0.3 is 80.5 Å². The first-order chi connectivity index (χ1) is 5.86. The maximum atomic E-state index is 2.44. The molecular formula is C11H11I. The van der Waals surface area contributed by atoms with Gasteiger partial charge in [-0.15, -0.1) is 0 Å². The number of hydrogen-bond acceptors (Lipinski definition) is 0. The fraction of sp³-hybridized carbons (Fsp3) is 0.0909. The molecule has 0 nitrogen and oxygen atoms in total. The zero-order valence-corrected chi connectivity index (χ0v) is 9.15. The molecule has 0 saturated carbocycles. The van der Waals surface area contributed by atoms with Crippen LogP contribution in [0.4, 0.5) is 0 Å². The van der Waals surface area contributed by atoms with Gasteiger partial charge in [0, 0.05) is 0 Å². The minimum atomic E-state index is -0.775. The number of benzene rings is 1. The predicted octanol–water partition coefficient (Wildman–Crippen LogP) is 3.69. The Balaban J connectivity index is 2.34. The van der Waals surface area contributed by atoms with E-state index in [1.165, 1.54) is 11.1 Å². The van der Waals surface area contributed by atoms with Gasteiger partial charge in [0.2, 0.25) is 0 Å². The molecule has 0 atom stereocenters. The monoisotopic (exact) mass is 270 g/mol. The molecule has 0 fully saturated rings. The van der Waals surface area contributed by atoms with E-state index in [2.05, 4.69) is 49.5 Å². The van der Waals surface area contributed by atoms with Gasteiger partial charge in [0.15, 0.2) is 0 Å². The van der Waals surface area contributed by atoms with Crippen molar-refractivity contribution in [3.8, 4) is 0 Å². The number of alkyl halides is 1. The molecule has 1 aromatic carbocycles. The number of halogens is 1. The molecule has 0 aromatic heterocycles. The van der Waals surface area contributed by atoms with E-state index in [0.717, 1.165) is 0 Å². The molecule has 1 heteroatoms. The normalized spacial score (nSPS) is 18.1. The second-order valence-corrected chi connectivity index (χ2v) is 7.34. The summed E-state index contributed by atoms with van der Waals surface area (Å²) in [5, 5.41) is 0. The van der Waals surface area contributed by atoms with Gasteiger partial charge in [0.1, 0.15) is 0 Å². The predicted molar refractivity (Wildman–Crippen MR) is 63.5 cm³/mol. The van der Waals surface area contributed by atoms with E-state index in [0.29, 0.717) is 0 Å². The first-order valence-corrected chi connectivity index (χ1v) is 8.53. The van der Waals surface area contributed by atoms with E-state index in [4.69, 9.17) is 0 Å². The molecule has 0 radical (unpaired) electrons. The Kier molecular flexibility index (Phi) is 2.30. The minimum absolute atomic E-state index is 0.775. The average Bonchev–Trinajstić information content (AvgIpc) is 2.54. The number of allylic oxidation sites excluding steroid dienone is 2. The molecule has 0 amide bonds. The summed E-state index contributed by atoms with van der Waals surface area (Å²) < 4.78 is 4.82. The Morgan fingerprint density at radius 1 is 1.08 bits per heavy atom. The van der Waals surface area contributed by atoms with Gasteiger partial charge in [0.25, 0.3) is 0 Å². The van der Waals surface area contributed by atoms with Crippen LogP contribution in [0.1, 0.15) is 5.56 Å². The van der Waals surface area contributed by atoms with Gasteiger partial charge in [0.05, 0.1) is 0 Å². The molecule has 62 valence electrons. The summed E-state index contributed by atoms with van der Waals surface area (Å²) in [4.78, 5) is 2.36. The summed E-state index contributed by atoms with van der Waals surface area (Å²) in [5.74, 6) is 0. The first kappa shape index (κ1) is 8.05. The molecule has 2 rings (SSSR count). The van der Waals surface area contributed by atoms with Crippen molar-refractivity contribution in [2.24, 2.45) is 0 Å². The molecule has 1 aliphatic heterocycles. The quantitative estimate of drug-likeness (QED) is 0.539. The van der Waals surface area contributed by atoms with Gasteiger partial charge in [-0.05, 0) is 0 Å². The zero-order chi connectivity index (χ0) is 8.39. The van der Waals surface area contributed by atoms with Crippen LogP contribution < -0.4 is 0 Å². The molecule has 0 aliphatic carbocycles. The average molecular weight is 270 g/mol. The molecule has 0 N–H and O–H groups in total. The van der Waals surface area contributed by atoms with Crippen molar-refractivity contribution in [2.45, 2.75) is 0 Å². The van der Waals surface area contributed by atoms with E-state index in [9.17, 15) is 0 Å². The van der Waals surface area contributed by atoms with Crippen molar-refractivity contribution in [2.75, 3.05) is 4.93 Å². The van der Waals surface area contributed by atoms with Crippen LogP contribution in [0, 0.1) is 0 Å². The SMILES string of the molecule is CI1C=CC(c2ccccc2)=C1. The van der Waals surface area contributed by atoms with Crippen LogP contribution in [0.25, 0.3) is 5.57 Å². The van der Waals surface area contributed by atoms with Crippen LogP contribution >= 0.6 is 19.8 Å². The number of rotatable bonds is 1. The molecule has 1 heterocycles. The van der Waals surface area contributed by atoms with Gasteiger partial charge in [-0.1, -0.05) is 0 Å². The molecule has 0 spiro atoms. The zero-order valence-electron chi connectivity index (χ0n) is 7.00. The Hall–Kier alpha value is -0.570. The van der Waals surface area contributed by atoms with Crippen molar-refractivity contribution in [1.29, 1.82) is 0 Å². The Morgan fingerprint density at radius 3 is 2.42 bits per heavy atom. The van der Waals surface area contributed by atoms with E-state index in [-0.39, 0.29) is 0 Å².